The number of anilines is 1. The summed E-state index contributed by atoms with van der Waals surface area (Å²) in [6.07, 6.45) is 0. The molecular formula is C21H17NO3S2. The zero-order valence-electron chi connectivity index (χ0n) is 14.4. The molecule has 3 aromatic rings. The molecule has 1 aromatic heterocycles. The highest BCUT2D eigenvalue weighted by molar-refractivity contribution is 7.99. The maximum atomic E-state index is 13.1. The number of carbonyl (C=O) groups is 2. The van der Waals surface area contributed by atoms with Crippen LogP contribution in [0.2, 0.25) is 0 Å². The Morgan fingerprint density at radius 1 is 1.00 bits per heavy atom. The van der Waals surface area contributed by atoms with Gasteiger partial charge in [-0.3, -0.25) is 9.69 Å². The molecule has 0 spiro atoms. The number of carbonyl (C=O) groups excluding carboxylic acids is 2. The van der Waals surface area contributed by atoms with Gasteiger partial charge in [0.1, 0.15) is 4.88 Å². The van der Waals surface area contributed by atoms with Crippen LogP contribution in [-0.4, -0.2) is 24.2 Å². The Bertz CT molecular complexity index is 941. The number of benzene rings is 2. The third-order valence-corrected chi connectivity index (χ3v) is 6.32. The van der Waals surface area contributed by atoms with Crippen LogP contribution in [-0.2, 0) is 9.53 Å². The zero-order chi connectivity index (χ0) is 18.6. The third kappa shape index (κ3) is 3.77. The highest BCUT2D eigenvalue weighted by Crippen LogP contribution is 2.43. The van der Waals surface area contributed by atoms with Crippen molar-refractivity contribution in [3.8, 4) is 0 Å². The number of para-hydroxylation sites is 1. The first kappa shape index (κ1) is 17.8. The molecule has 0 saturated carbocycles. The summed E-state index contributed by atoms with van der Waals surface area (Å²) >= 11 is 3.04. The number of hydrogen-bond acceptors (Lipinski definition) is 5. The Kier molecular flexibility index (Phi) is 5.27. The first-order valence-corrected chi connectivity index (χ1v) is 10.4. The number of esters is 1. The molecule has 0 unspecified atom stereocenters. The molecule has 2 heterocycles. The molecule has 0 radical (unpaired) electrons. The summed E-state index contributed by atoms with van der Waals surface area (Å²) in [5, 5.41) is 1.81. The van der Waals surface area contributed by atoms with E-state index in [2.05, 4.69) is 0 Å². The van der Waals surface area contributed by atoms with Gasteiger partial charge >= 0.3 is 5.97 Å². The van der Waals surface area contributed by atoms with E-state index in [4.69, 9.17) is 4.74 Å². The van der Waals surface area contributed by atoms with Gasteiger partial charge in [0.05, 0.1) is 11.7 Å². The summed E-state index contributed by atoms with van der Waals surface area (Å²) in [6, 6.07) is 21.2. The van der Waals surface area contributed by atoms with E-state index in [0.29, 0.717) is 4.88 Å². The third-order valence-electron chi connectivity index (χ3n) is 4.34. The average Bonchev–Trinajstić information content (AvgIpc) is 3.26. The topological polar surface area (TPSA) is 46.6 Å². The minimum atomic E-state index is -0.464. The van der Waals surface area contributed by atoms with Crippen LogP contribution in [0.15, 0.2) is 77.0 Å². The smallest absolute Gasteiger partial charge is 0.348 e. The number of rotatable bonds is 4. The van der Waals surface area contributed by atoms with Crippen molar-refractivity contribution in [3.05, 3.63) is 82.6 Å². The summed E-state index contributed by atoms with van der Waals surface area (Å²) in [5.41, 5.74) is 1.93. The van der Waals surface area contributed by atoms with E-state index in [1.54, 1.807) is 28.8 Å². The van der Waals surface area contributed by atoms with Crippen LogP contribution in [0.25, 0.3) is 0 Å². The predicted octanol–water partition coefficient (Wildman–Crippen LogP) is 4.79. The van der Waals surface area contributed by atoms with E-state index in [9.17, 15) is 9.59 Å². The Morgan fingerprint density at radius 3 is 2.56 bits per heavy atom. The van der Waals surface area contributed by atoms with Gasteiger partial charge in [0.25, 0.3) is 5.91 Å². The SMILES string of the molecule is O=C(OCC(=O)N1c2ccccc2SC[C@H]1c1ccccc1)c1cccs1. The van der Waals surface area contributed by atoms with E-state index in [1.165, 1.54) is 11.3 Å². The van der Waals surface area contributed by atoms with E-state index < -0.39 is 5.97 Å². The lowest BCUT2D eigenvalue weighted by atomic mass is 10.1. The maximum Gasteiger partial charge on any atom is 0.348 e. The molecule has 0 N–H and O–H groups in total. The Balaban J connectivity index is 1.59. The van der Waals surface area contributed by atoms with Crippen molar-refractivity contribution >= 4 is 40.7 Å². The number of nitrogens with zero attached hydrogens (tertiary/aromatic N) is 1. The van der Waals surface area contributed by atoms with E-state index in [1.807, 2.05) is 60.0 Å². The zero-order valence-corrected chi connectivity index (χ0v) is 16.0. The number of hydrogen-bond donors (Lipinski definition) is 0. The molecule has 6 heteroatoms. The molecule has 0 aliphatic carbocycles. The lowest BCUT2D eigenvalue weighted by molar-refractivity contribution is -0.122. The molecule has 1 amide bonds. The lowest BCUT2D eigenvalue weighted by Crippen LogP contribution is -2.41. The first-order valence-electron chi connectivity index (χ1n) is 8.53. The molecule has 1 aliphatic rings. The molecule has 4 rings (SSSR count). The average molecular weight is 396 g/mol. The van der Waals surface area contributed by atoms with Gasteiger partial charge in [0.15, 0.2) is 6.61 Å². The highest BCUT2D eigenvalue weighted by Gasteiger charge is 2.32. The van der Waals surface area contributed by atoms with Gasteiger partial charge in [-0.25, -0.2) is 4.79 Å². The van der Waals surface area contributed by atoms with Crippen molar-refractivity contribution in [2.45, 2.75) is 10.9 Å². The van der Waals surface area contributed by atoms with Gasteiger partial charge in [-0.1, -0.05) is 48.5 Å². The fourth-order valence-electron chi connectivity index (χ4n) is 3.08. The Labute approximate surface area is 165 Å². The number of amides is 1. The second-order valence-electron chi connectivity index (χ2n) is 6.02. The number of thiophene rings is 1. The molecule has 4 nitrogen and oxygen atoms in total. The summed E-state index contributed by atoms with van der Waals surface area (Å²) in [4.78, 5) is 28.5. The maximum absolute atomic E-state index is 13.1. The van der Waals surface area contributed by atoms with E-state index >= 15 is 0 Å². The van der Waals surface area contributed by atoms with E-state index in [-0.39, 0.29) is 18.6 Å². The van der Waals surface area contributed by atoms with Crippen LogP contribution >= 0.6 is 23.1 Å². The lowest BCUT2D eigenvalue weighted by Gasteiger charge is -2.37. The fourth-order valence-corrected chi connectivity index (χ4v) is 4.86. The standard InChI is InChI=1S/C21H17NO3S2/c23-20(13-25-21(24)19-11-6-12-26-19)22-16-9-4-5-10-18(16)27-14-17(22)15-7-2-1-3-8-15/h1-12,17H,13-14H2/t17-/m0/s1. The van der Waals surface area contributed by atoms with Gasteiger partial charge in [0, 0.05) is 10.6 Å². The van der Waals surface area contributed by atoms with Crippen molar-refractivity contribution < 1.29 is 14.3 Å². The van der Waals surface area contributed by atoms with Crippen LogP contribution in [0.4, 0.5) is 5.69 Å². The number of fused-ring (bicyclic) bond motifs is 1. The van der Waals surface area contributed by atoms with Crippen molar-refractivity contribution in [1.82, 2.24) is 0 Å². The largest absolute Gasteiger partial charge is 0.451 e. The van der Waals surface area contributed by atoms with E-state index in [0.717, 1.165) is 21.9 Å². The molecule has 1 aliphatic heterocycles. The van der Waals surface area contributed by atoms with Crippen LogP contribution < -0.4 is 4.90 Å². The molecule has 27 heavy (non-hydrogen) atoms. The Morgan fingerprint density at radius 2 is 1.78 bits per heavy atom. The Hall–Kier alpha value is -2.57. The van der Waals surface area contributed by atoms with Crippen LogP contribution in [0.5, 0.6) is 0 Å². The summed E-state index contributed by atoms with van der Waals surface area (Å²) in [7, 11) is 0. The van der Waals surface area contributed by atoms with Gasteiger partial charge in [-0.2, -0.15) is 0 Å². The second-order valence-corrected chi connectivity index (χ2v) is 8.03. The van der Waals surface area contributed by atoms with Crippen molar-refractivity contribution in [1.29, 1.82) is 0 Å². The monoisotopic (exact) mass is 395 g/mol. The first-order chi connectivity index (χ1) is 13.2. The molecule has 1 atom stereocenters. The fraction of sp³-hybridized carbons (Fsp3) is 0.143. The minimum absolute atomic E-state index is 0.0981. The van der Waals surface area contributed by atoms with Gasteiger partial charge in [0.2, 0.25) is 0 Å². The normalized spacial score (nSPS) is 15.9. The molecule has 0 saturated heterocycles. The number of ether oxygens (including phenoxy) is 1. The summed E-state index contributed by atoms with van der Waals surface area (Å²) < 4.78 is 5.27. The minimum Gasteiger partial charge on any atom is -0.451 e. The van der Waals surface area contributed by atoms with Crippen LogP contribution in [0.3, 0.4) is 0 Å². The van der Waals surface area contributed by atoms with Crippen LogP contribution in [0.1, 0.15) is 21.3 Å². The molecule has 0 bridgehead atoms. The van der Waals surface area contributed by atoms with Crippen molar-refractivity contribution in [3.63, 3.8) is 0 Å². The molecule has 0 fully saturated rings. The van der Waals surface area contributed by atoms with Gasteiger partial charge < -0.3 is 4.74 Å². The molecule has 2 aromatic carbocycles. The van der Waals surface area contributed by atoms with Crippen LogP contribution in [0, 0.1) is 0 Å². The highest BCUT2D eigenvalue weighted by atomic mass is 32.2. The molecular weight excluding hydrogens is 378 g/mol. The van der Waals surface area contributed by atoms with Gasteiger partial charge in [-0.05, 0) is 29.1 Å². The van der Waals surface area contributed by atoms with Crippen molar-refractivity contribution in [2.75, 3.05) is 17.3 Å². The van der Waals surface area contributed by atoms with Gasteiger partial charge in [-0.15, -0.1) is 23.1 Å². The number of thioether (sulfide) groups is 1. The molecule has 136 valence electrons. The van der Waals surface area contributed by atoms with Crippen molar-refractivity contribution in [2.24, 2.45) is 0 Å². The summed E-state index contributed by atoms with van der Waals surface area (Å²) in [5.74, 6) is 0.0711. The quantitative estimate of drug-likeness (QED) is 0.596. The predicted molar refractivity (Wildman–Crippen MR) is 108 cm³/mol. The second kappa shape index (κ2) is 7.98. The summed E-state index contributed by atoms with van der Waals surface area (Å²) in [6.45, 7) is -0.279.